The van der Waals surface area contributed by atoms with Crippen LogP contribution in [0.2, 0.25) is 0 Å². The fourth-order valence-corrected chi connectivity index (χ4v) is 2.03. The second-order valence-corrected chi connectivity index (χ2v) is 4.67. The third-order valence-corrected chi connectivity index (χ3v) is 3.07. The third kappa shape index (κ3) is 3.08. The molecule has 0 unspecified atom stereocenters. The molecule has 3 N–H and O–H groups in total. The molecule has 98 valence electrons. The largest absolute Gasteiger partial charge is 0.399 e. The quantitative estimate of drug-likeness (QED) is 0.829. The van der Waals surface area contributed by atoms with Gasteiger partial charge in [0.05, 0.1) is 11.3 Å². The number of nitrogens with two attached hydrogens (primary N) is 1. The van der Waals surface area contributed by atoms with Gasteiger partial charge < -0.3 is 11.1 Å². The molecule has 19 heavy (non-hydrogen) atoms. The van der Waals surface area contributed by atoms with Crippen LogP contribution in [0.3, 0.4) is 0 Å². The van der Waals surface area contributed by atoms with Gasteiger partial charge in [0.15, 0.2) is 0 Å². The molecule has 0 bridgehead atoms. The van der Waals surface area contributed by atoms with Crippen molar-refractivity contribution in [1.82, 2.24) is 0 Å². The van der Waals surface area contributed by atoms with E-state index in [2.05, 4.69) is 21.2 Å². The number of benzene rings is 2. The van der Waals surface area contributed by atoms with E-state index in [9.17, 15) is 13.6 Å². The highest BCUT2D eigenvalue weighted by Crippen LogP contribution is 2.21. The molecule has 0 spiro atoms. The SMILES string of the molecule is Nc1ccc(NC(=O)c2ccc(F)cc2Br)c(F)c1. The van der Waals surface area contributed by atoms with Crippen molar-refractivity contribution < 1.29 is 13.6 Å². The highest BCUT2D eigenvalue weighted by molar-refractivity contribution is 9.10. The Morgan fingerprint density at radius 3 is 2.53 bits per heavy atom. The van der Waals surface area contributed by atoms with Crippen molar-refractivity contribution >= 4 is 33.2 Å². The lowest BCUT2D eigenvalue weighted by atomic mass is 10.2. The van der Waals surface area contributed by atoms with Crippen molar-refractivity contribution in [3.8, 4) is 0 Å². The predicted octanol–water partition coefficient (Wildman–Crippen LogP) is 3.56. The molecule has 1 amide bonds. The lowest BCUT2D eigenvalue weighted by molar-refractivity contribution is 0.102. The Bertz CT molecular complexity index is 647. The summed E-state index contributed by atoms with van der Waals surface area (Å²) in [6, 6.07) is 7.56. The summed E-state index contributed by atoms with van der Waals surface area (Å²) in [5.74, 6) is -1.65. The highest BCUT2D eigenvalue weighted by Gasteiger charge is 2.13. The number of halogens is 3. The van der Waals surface area contributed by atoms with Gasteiger partial charge in [0.25, 0.3) is 5.91 Å². The Labute approximate surface area is 116 Å². The molecule has 0 saturated carbocycles. The third-order valence-electron chi connectivity index (χ3n) is 2.42. The second kappa shape index (κ2) is 5.36. The predicted molar refractivity (Wildman–Crippen MR) is 72.9 cm³/mol. The molecule has 0 radical (unpaired) electrons. The minimum atomic E-state index is -0.633. The van der Waals surface area contributed by atoms with Crippen LogP contribution in [0.1, 0.15) is 10.4 Å². The van der Waals surface area contributed by atoms with Gasteiger partial charge in [0.2, 0.25) is 0 Å². The monoisotopic (exact) mass is 326 g/mol. The Balaban J connectivity index is 2.25. The molecule has 6 heteroatoms. The molecule has 2 aromatic rings. The lowest BCUT2D eigenvalue weighted by Gasteiger charge is -2.08. The second-order valence-electron chi connectivity index (χ2n) is 3.82. The maximum Gasteiger partial charge on any atom is 0.256 e. The molecular formula is C13H9BrF2N2O. The van der Waals surface area contributed by atoms with Crippen LogP contribution in [0.25, 0.3) is 0 Å². The van der Waals surface area contributed by atoms with Crippen LogP contribution < -0.4 is 11.1 Å². The lowest BCUT2D eigenvalue weighted by Crippen LogP contribution is -2.13. The van der Waals surface area contributed by atoms with Crippen LogP contribution >= 0.6 is 15.9 Å². The molecule has 2 aromatic carbocycles. The van der Waals surface area contributed by atoms with E-state index in [1.165, 1.54) is 18.2 Å². The number of rotatable bonds is 2. The summed E-state index contributed by atoms with van der Waals surface area (Å²) in [5.41, 5.74) is 5.89. The summed E-state index contributed by atoms with van der Waals surface area (Å²) in [5, 5.41) is 2.39. The van der Waals surface area contributed by atoms with Crippen molar-refractivity contribution in [1.29, 1.82) is 0 Å². The summed E-state index contributed by atoms with van der Waals surface area (Å²) < 4.78 is 26.7. The number of anilines is 2. The summed E-state index contributed by atoms with van der Waals surface area (Å²) in [6.07, 6.45) is 0. The Kier molecular flexibility index (Phi) is 3.80. The van der Waals surface area contributed by atoms with Gasteiger partial charge in [0.1, 0.15) is 11.6 Å². The van der Waals surface area contributed by atoms with Crippen LogP contribution in [0.15, 0.2) is 40.9 Å². The molecule has 3 nitrogen and oxygen atoms in total. The van der Waals surface area contributed by atoms with Crippen molar-refractivity contribution in [2.75, 3.05) is 11.1 Å². The van der Waals surface area contributed by atoms with Crippen molar-refractivity contribution in [2.24, 2.45) is 0 Å². The van der Waals surface area contributed by atoms with Gasteiger partial charge in [-0.25, -0.2) is 8.78 Å². The normalized spacial score (nSPS) is 10.3. The molecule has 0 aromatic heterocycles. The van der Waals surface area contributed by atoms with Gasteiger partial charge in [-0.15, -0.1) is 0 Å². The van der Waals surface area contributed by atoms with Gasteiger partial charge >= 0.3 is 0 Å². The summed E-state index contributed by atoms with van der Waals surface area (Å²) in [7, 11) is 0. The zero-order valence-corrected chi connectivity index (χ0v) is 11.2. The van der Waals surface area contributed by atoms with Crippen LogP contribution in [0.5, 0.6) is 0 Å². The Morgan fingerprint density at radius 1 is 1.16 bits per heavy atom. The van der Waals surface area contributed by atoms with E-state index < -0.39 is 17.5 Å². The number of hydrogen-bond acceptors (Lipinski definition) is 2. The van der Waals surface area contributed by atoms with E-state index in [0.717, 1.165) is 18.2 Å². The van der Waals surface area contributed by atoms with Crippen molar-refractivity contribution in [2.45, 2.75) is 0 Å². The van der Waals surface area contributed by atoms with Crippen LogP contribution in [0.4, 0.5) is 20.2 Å². The number of nitrogen functional groups attached to an aromatic ring is 1. The number of carbonyl (C=O) groups is 1. The highest BCUT2D eigenvalue weighted by atomic mass is 79.9. The molecule has 0 heterocycles. The van der Waals surface area contributed by atoms with E-state index in [1.807, 2.05) is 0 Å². The molecule has 0 aliphatic rings. The first kappa shape index (κ1) is 13.5. The maximum absolute atomic E-state index is 13.5. The number of carbonyl (C=O) groups excluding carboxylic acids is 1. The first-order valence-corrected chi connectivity index (χ1v) is 6.08. The average Bonchev–Trinajstić information content (AvgIpc) is 2.32. The molecular weight excluding hydrogens is 318 g/mol. The zero-order chi connectivity index (χ0) is 14.0. The molecule has 0 aliphatic carbocycles. The molecule has 0 atom stereocenters. The topological polar surface area (TPSA) is 55.1 Å². The van der Waals surface area contributed by atoms with Crippen molar-refractivity contribution in [3.05, 3.63) is 58.1 Å². The minimum absolute atomic E-state index is 0.00965. The fraction of sp³-hybridized carbons (Fsp3) is 0. The number of amides is 1. The number of nitrogens with one attached hydrogen (secondary N) is 1. The van der Waals surface area contributed by atoms with Gasteiger partial charge in [-0.1, -0.05) is 0 Å². The Morgan fingerprint density at radius 2 is 1.89 bits per heavy atom. The Hall–Kier alpha value is -1.95. The standard InChI is InChI=1S/C13H9BrF2N2O/c14-10-5-7(15)1-3-9(10)13(19)18-12-4-2-8(17)6-11(12)16/h1-6H,17H2,(H,18,19). The van der Waals surface area contributed by atoms with Gasteiger partial charge in [-0.05, 0) is 52.3 Å². The van der Waals surface area contributed by atoms with Gasteiger partial charge in [0, 0.05) is 10.2 Å². The van der Waals surface area contributed by atoms with Crippen molar-refractivity contribution in [3.63, 3.8) is 0 Å². The van der Waals surface area contributed by atoms with Crippen LogP contribution in [-0.4, -0.2) is 5.91 Å². The molecule has 0 aliphatic heterocycles. The van der Waals surface area contributed by atoms with Gasteiger partial charge in [-0.3, -0.25) is 4.79 Å². The van der Waals surface area contributed by atoms with Crippen LogP contribution in [0, 0.1) is 11.6 Å². The smallest absolute Gasteiger partial charge is 0.256 e. The van der Waals surface area contributed by atoms with E-state index >= 15 is 0 Å². The summed E-state index contributed by atoms with van der Waals surface area (Å²) >= 11 is 3.08. The molecule has 2 rings (SSSR count). The van der Waals surface area contributed by atoms with E-state index in [0.29, 0.717) is 4.47 Å². The molecule has 0 fully saturated rings. The van der Waals surface area contributed by atoms with E-state index in [4.69, 9.17) is 5.73 Å². The maximum atomic E-state index is 13.5. The summed E-state index contributed by atoms with van der Waals surface area (Å²) in [4.78, 5) is 11.9. The number of hydrogen-bond donors (Lipinski definition) is 2. The van der Waals surface area contributed by atoms with Gasteiger partial charge in [-0.2, -0.15) is 0 Å². The van der Waals surface area contributed by atoms with E-state index in [1.54, 1.807) is 0 Å². The first-order chi connectivity index (χ1) is 8.97. The molecule has 0 saturated heterocycles. The minimum Gasteiger partial charge on any atom is -0.399 e. The fourth-order valence-electron chi connectivity index (χ4n) is 1.50. The zero-order valence-electron chi connectivity index (χ0n) is 9.58. The van der Waals surface area contributed by atoms with E-state index in [-0.39, 0.29) is 16.9 Å². The van der Waals surface area contributed by atoms with Crippen LogP contribution in [-0.2, 0) is 0 Å². The summed E-state index contributed by atoms with van der Waals surface area (Å²) in [6.45, 7) is 0. The first-order valence-electron chi connectivity index (χ1n) is 5.29. The average molecular weight is 327 g/mol.